The van der Waals surface area contributed by atoms with E-state index in [0.717, 1.165) is 19.5 Å². The second kappa shape index (κ2) is 4.64. The number of nitrogens with zero attached hydrogens (tertiary/aromatic N) is 1. The van der Waals surface area contributed by atoms with Crippen molar-refractivity contribution in [2.45, 2.75) is 39.2 Å². The lowest BCUT2D eigenvalue weighted by molar-refractivity contribution is -0.147. The summed E-state index contributed by atoms with van der Waals surface area (Å²) in [6.45, 7) is 4.30. The zero-order valence-corrected chi connectivity index (χ0v) is 11.5. The Morgan fingerprint density at radius 1 is 1.37 bits per heavy atom. The molecule has 0 saturated carbocycles. The topological polar surface area (TPSA) is 40.5 Å². The minimum Gasteiger partial charge on any atom is -0.481 e. The molecule has 2 aliphatic rings. The van der Waals surface area contributed by atoms with Crippen molar-refractivity contribution in [2.24, 2.45) is 5.41 Å². The van der Waals surface area contributed by atoms with E-state index in [1.54, 1.807) is 0 Å². The van der Waals surface area contributed by atoms with E-state index in [1.165, 1.54) is 36.0 Å². The van der Waals surface area contributed by atoms with Gasteiger partial charge in [0, 0.05) is 13.1 Å². The molecule has 1 aliphatic heterocycles. The van der Waals surface area contributed by atoms with Crippen LogP contribution < -0.4 is 0 Å². The van der Waals surface area contributed by atoms with Gasteiger partial charge in [0.1, 0.15) is 0 Å². The predicted molar refractivity (Wildman–Crippen MR) is 74.1 cm³/mol. The summed E-state index contributed by atoms with van der Waals surface area (Å²) in [5.74, 6) is -0.663. The zero-order chi connectivity index (χ0) is 13.5. The second-order valence-corrected chi connectivity index (χ2v) is 6.28. The van der Waals surface area contributed by atoms with Crippen LogP contribution in [-0.4, -0.2) is 29.1 Å². The number of hydrogen-bond donors (Lipinski definition) is 1. The van der Waals surface area contributed by atoms with Gasteiger partial charge in [-0.2, -0.15) is 0 Å². The highest BCUT2D eigenvalue weighted by Crippen LogP contribution is 2.31. The summed E-state index contributed by atoms with van der Waals surface area (Å²) in [6, 6.07) is 6.78. The molecule has 1 aromatic carbocycles. The Morgan fingerprint density at radius 3 is 2.89 bits per heavy atom. The third kappa shape index (κ3) is 2.39. The van der Waals surface area contributed by atoms with Gasteiger partial charge in [0.05, 0.1) is 5.41 Å². The van der Waals surface area contributed by atoms with Crippen LogP contribution in [0.5, 0.6) is 0 Å². The molecule has 1 atom stereocenters. The lowest BCUT2D eigenvalue weighted by atomic mass is 9.90. The standard InChI is InChI=1S/C16H21NO2/c1-16(15(18)19)7-8-17(11-16)10-12-5-6-13-3-2-4-14(13)9-12/h5-6,9H,2-4,7-8,10-11H2,1H3,(H,18,19). The van der Waals surface area contributed by atoms with Crippen molar-refractivity contribution in [2.75, 3.05) is 13.1 Å². The van der Waals surface area contributed by atoms with Crippen molar-refractivity contribution in [1.29, 1.82) is 0 Å². The van der Waals surface area contributed by atoms with Crippen LogP contribution in [0, 0.1) is 5.41 Å². The molecule has 19 heavy (non-hydrogen) atoms. The molecule has 1 heterocycles. The van der Waals surface area contributed by atoms with E-state index >= 15 is 0 Å². The Kier molecular flexibility index (Phi) is 3.09. The first-order valence-electron chi connectivity index (χ1n) is 7.13. The molecule has 1 fully saturated rings. The fourth-order valence-corrected chi connectivity index (χ4v) is 3.35. The molecule has 3 heteroatoms. The zero-order valence-electron chi connectivity index (χ0n) is 11.5. The number of benzene rings is 1. The maximum Gasteiger partial charge on any atom is 0.310 e. The average molecular weight is 259 g/mol. The first-order chi connectivity index (χ1) is 9.07. The molecule has 1 N–H and O–H groups in total. The lowest BCUT2D eigenvalue weighted by Gasteiger charge is -2.20. The van der Waals surface area contributed by atoms with Crippen molar-refractivity contribution in [1.82, 2.24) is 4.90 Å². The molecular formula is C16H21NO2. The summed E-state index contributed by atoms with van der Waals surface area (Å²) < 4.78 is 0. The fraction of sp³-hybridized carbons (Fsp3) is 0.562. The molecule has 1 saturated heterocycles. The van der Waals surface area contributed by atoms with E-state index in [1.807, 2.05) is 6.92 Å². The van der Waals surface area contributed by atoms with Gasteiger partial charge in [0.2, 0.25) is 0 Å². The highest BCUT2D eigenvalue weighted by molar-refractivity contribution is 5.74. The summed E-state index contributed by atoms with van der Waals surface area (Å²) >= 11 is 0. The molecule has 0 bridgehead atoms. The second-order valence-electron chi connectivity index (χ2n) is 6.28. The molecule has 1 aliphatic carbocycles. The van der Waals surface area contributed by atoms with Gasteiger partial charge in [-0.3, -0.25) is 9.69 Å². The maximum atomic E-state index is 11.2. The molecule has 3 rings (SSSR count). The Balaban J connectivity index is 1.68. The lowest BCUT2D eigenvalue weighted by Crippen LogP contribution is -2.31. The van der Waals surface area contributed by atoms with Gasteiger partial charge in [-0.05, 0) is 55.8 Å². The van der Waals surface area contributed by atoms with Gasteiger partial charge in [-0.15, -0.1) is 0 Å². The van der Waals surface area contributed by atoms with Gasteiger partial charge in [0.25, 0.3) is 0 Å². The highest BCUT2D eigenvalue weighted by atomic mass is 16.4. The van der Waals surface area contributed by atoms with E-state index in [-0.39, 0.29) is 0 Å². The Bertz CT molecular complexity index is 511. The van der Waals surface area contributed by atoms with Crippen molar-refractivity contribution >= 4 is 5.97 Å². The SMILES string of the molecule is CC1(C(=O)O)CCN(Cc2ccc3c(c2)CCC3)C1. The van der Waals surface area contributed by atoms with Crippen molar-refractivity contribution in [3.8, 4) is 0 Å². The third-order valence-electron chi connectivity index (χ3n) is 4.64. The van der Waals surface area contributed by atoms with Crippen LogP contribution in [0.25, 0.3) is 0 Å². The summed E-state index contributed by atoms with van der Waals surface area (Å²) in [4.78, 5) is 13.5. The van der Waals surface area contributed by atoms with Crippen molar-refractivity contribution in [3.63, 3.8) is 0 Å². The van der Waals surface area contributed by atoms with E-state index in [4.69, 9.17) is 0 Å². The van der Waals surface area contributed by atoms with E-state index < -0.39 is 11.4 Å². The van der Waals surface area contributed by atoms with E-state index in [9.17, 15) is 9.90 Å². The van der Waals surface area contributed by atoms with Gasteiger partial charge in [0.15, 0.2) is 0 Å². The maximum absolute atomic E-state index is 11.2. The number of carboxylic acid groups (broad SMARTS) is 1. The Hall–Kier alpha value is -1.35. The third-order valence-corrected chi connectivity index (χ3v) is 4.64. The number of aryl methyl sites for hydroxylation is 2. The minimum absolute atomic E-state index is 0.559. The van der Waals surface area contributed by atoms with Gasteiger partial charge >= 0.3 is 5.97 Å². The number of hydrogen-bond acceptors (Lipinski definition) is 2. The molecule has 102 valence electrons. The van der Waals surface area contributed by atoms with Crippen LogP contribution in [0.3, 0.4) is 0 Å². The van der Waals surface area contributed by atoms with Crippen LogP contribution >= 0.6 is 0 Å². The van der Waals surface area contributed by atoms with E-state index in [0.29, 0.717) is 6.54 Å². The van der Waals surface area contributed by atoms with Gasteiger partial charge < -0.3 is 5.11 Å². The van der Waals surface area contributed by atoms with Gasteiger partial charge in [-0.1, -0.05) is 18.2 Å². The molecule has 0 spiro atoms. The van der Waals surface area contributed by atoms with Crippen LogP contribution in [0.15, 0.2) is 18.2 Å². The number of rotatable bonds is 3. The largest absolute Gasteiger partial charge is 0.481 e. The number of carbonyl (C=O) groups is 1. The van der Waals surface area contributed by atoms with Crippen LogP contribution in [0.1, 0.15) is 36.5 Å². The number of carboxylic acids is 1. The Labute approximate surface area is 114 Å². The predicted octanol–water partition coefficient (Wildman–Crippen LogP) is 2.47. The summed E-state index contributed by atoms with van der Waals surface area (Å²) in [5.41, 5.74) is 3.77. The molecular weight excluding hydrogens is 238 g/mol. The normalized spacial score (nSPS) is 26.6. The minimum atomic E-state index is -0.663. The number of likely N-dealkylation sites (tertiary alicyclic amines) is 1. The number of aliphatic carboxylic acids is 1. The monoisotopic (exact) mass is 259 g/mol. The highest BCUT2D eigenvalue weighted by Gasteiger charge is 2.40. The summed E-state index contributed by atoms with van der Waals surface area (Å²) in [6.07, 6.45) is 4.46. The van der Waals surface area contributed by atoms with Crippen LogP contribution in [0.2, 0.25) is 0 Å². The van der Waals surface area contributed by atoms with Crippen LogP contribution in [-0.2, 0) is 24.2 Å². The first kappa shape index (κ1) is 12.7. The molecule has 1 aromatic rings. The average Bonchev–Trinajstić information content (AvgIpc) is 2.96. The van der Waals surface area contributed by atoms with Crippen molar-refractivity contribution in [3.05, 3.63) is 34.9 Å². The molecule has 0 aromatic heterocycles. The van der Waals surface area contributed by atoms with Crippen molar-refractivity contribution < 1.29 is 9.90 Å². The number of fused-ring (bicyclic) bond motifs is 1. The molecule has 3 nitrogen and oxygen atoms in total. The molecule has 0 radical (unpaired) electrons. The van der Waals surface area contributed by atoms with Gasteiger partial charge in [-0.25, -0.2) is 0 Å². The van der Waals surface area contributed by atoms with E-state index in [2.05, 4.69) is 23.1 Å². The Morgan fingerprint density at radius 2 is 2.16 bits per heavy atom. The quantitative estimate of drug-likeness (QED) is 0.906. The smallest absolute Gasteiger partial charge is 0.310 e. The fourth-order valence-electron chi connectivity index (χ4n) is 3.35. The molecule has 1 unspecified atom stereocenters. The summed E-state index contributed by atoms with van der Waals surface area (Å²) in [5, 5.41) is 9.26. The molecule has 0 amide bonds. The van der Waals surface area contributed by atoms with Crippen LogP contribution in [0.4, 0.5) is 0 Å². The summed E-state index contributed by atoms with van der Waals surface area (Å²) in [7, 11) is 0. The first-order valence-corrected chi connectivity index (χ1v) is 7.13.